The van der Waals surface area contributed by atoms with Crippen LogP contribution < -0.4 is 0 Å². The van der Waals surface area contributed by atoms with Crippen molar-refractivity contribution < 1.29 is 4.79 Å². The van der Waals surface area contributed by atoms with Gasteiger partial charge in [-0.1, -0.05) is 141 Å². The third-order valence-electron chi connectivity index (χ3n) is 8.74. The van der Waals surface area contributed by atoms with Gasteiger partial charge in [0.2, 0.25) is 0 Å². The topological polar surface area (TPSA) is 17.1 Å². The lowest BCUT2D eigenvalue weighted by Crippen LogP contribution is -2.34. The summed E-state index contributed by atoms with van der Waals surface area (Å²) in [4.78, 5) is 13.7. The molecule has 0 aromatic heterocycles. The van der Waals surface area contributed by atoms with Crippen molar-refractivity contribution >= 4 is 20.9 Å². The summed E-state index contributed by atoms with van der Waals surface area (Å²) >= 11 is 0. The van der Waals surface area contributed by atoms with Crippen molar-refractivity contribution in [3.8, 4) is 0 Å². The molecule has 1 atom stereocenters. The zero-order chi connectivity index (χ0) is 23.3. The van der Waals surface area contributed by atoms with Crippen LogP contribution in [0.2, 0.25) is 11.0 Å². The molecule has 2 aliphatic rings. The molecule has 1 nitrogen and oxygen atoms in total. The predicted molar refractivity (Wildman–Crippen MR) is 143 cm³/mol. The maximum Gasteiger partial charge on any atom is 0.141 e. The van der Waals surface area contributed by atoms with Gasteiger partial charge in [0, 0.05) is 11.3 Å². The van der Waals surface area contributed by atoms with Crippen LogP contribution in [0.25, 0.3) is 0 Å². The van der Waals surface area contributed by atoms with E-state index in [1.54, 1.807) is 0 Å². The molecule has 0 N–H and O–H groups in total. The minimum absolute atomic E-state index is 0.0310. The average Bonchev–Trinajstić information content (AvgIpc) is 2.74. The molecule has 3 radical (unpaired) electrons. The van der Waals surface area contributed by atoms with Crippen LogP contribution in [0.4, 0.5) is 0 Å². The molecule has 0 spiro atoms. The van der Waals surface area contributed by atoms with Gasteiger partial charge < -0.3 is 0 Å². The van der Waals surface area contributed by atoms with Gasteiger partial charge in [-0.2, -0.15) is 0 Å². The van der Waals surface area contributed by atoms with Crippen LogP contribution in [0.3, 0.4) is 0 Å². The summed E-state index contributed by atoms with van der Waals surface area (Å²) in [5.74, 6) is 1.58. The number of carbonyl (C=O) groups excluding carboxylic acids is 1. The third kappa shape index (κ3) is 9.58. The molecule has 181 valence electrons. The van der Waals surface area contributed by atoms with Crippen molar-refractivity contribution in [1.82, 2.24) is 0 Å². The zero-order valence-electron chi connectivity index (χ0n) is 22.1. The highest BCUT2D eigenvalue weighted by Crippen LogP contribution is 2.43. The van der Waals surface area contributed by atoms with Crippen molar-refractivity contribution in [1.29, 1.82) is 0 Å². The van der Waals surface area contributed by atoms with E-state index in [0.717, 1.165) is 25.7 Å². The van der Waals surface area contributed by atoms with Gasteiger partial charge in [-0.05, 0) is 25.7 Å². The van der Waals surface area contributed by atoms with E-state index in [4.69, 9.17) is 7.85 Å². The first-order chi connectivity index (χ1) is 15.4. The highest BCUT2D eigenvalue weighted by atomic mass is 16.1. The van der Waals surface area contributed by atoms with E-state index in [-0.39, 0.29) is 10.6 Å². The molecule has 3 heteroatoms. The molecule has 0 aliphatic heterocycles. The number of hydrogen-bond donors (Lipinski definition) is 0. The molecule has 2 saturated carbocycles. The number of hydrogen-bond acceptors (Lipinski definition) is 1. The summed E-state index contributed by atoms with van der Waals surface area (Å²) in [6.07, 6.45) is 25.8. The van der Waals surface area contributed by atoms with Gasteiger partial charge in [0.25, 0.3) is 0 Å². The molecule has 2 rings (SSSR count). The van der Waals surface area contributed by atoms with Gasteiger partial charge in [-0.15, -0.1) is 0 Å². The molecular formula is C29H53B2O. The standard InChI is InChI=1S/C29H53B2O/c1-4-6-8-12-22-28(3,21-7-5-2)27(32)25-17-15-19-26(20-16-18-25)31-29(30)23-13-10-9-11-14-24-29/h25-26H,4-24H2,1-3H3. The third-order valence-corrected chi connectivity index (χ3v) is 8.74. The summed E-state index contributed by atoms with van der Waals surface area (Å²) in [5, 5.41) is -0.0310. The lowest BCUT2D eigenvalue weighted by molar-refractivity contribution is -0.133. The van der Waals surface area contributed by atoms with Gasteiger partial charge in [0.05, 0.1) is 7.85 Å². The normalized spacial score (nSPS) is 26.7. The molecule has 0 heterocycles. The Labute approximate surface area is 203 Å². The first-order valence-corrected chi connectivity index (χ1v) is 14.6. The maximum absolute atomic E-state index is 13.7. The van der Waals surface area contributed by atoms with Crippen LogP contribution >= 0.6 is 0 Å². The quantitative estimate of drug-likeness (QED) is 0.219. The monoisotopic (exact) mass is 439 g/mol. The Morgan fingerprint density at radius 2 is 1.38 bits per heavy atom. The lowest BCUT2D eigenvalue weighted by atomic mass is 9.34. The van der Waals surface area contributed by atoms with Crippen LogP contribution in [0, 0.1) is 11.3 Å². The summed E-state index contributed by atoms with van der Waals surface area (Å²) in [6, 6.07) is 0. The molecule has 2 aliphatic carbocycles. The van der Waals surface area contributed by atoms with Gasteiger partial charge in [-0.25, -0.2) is 0 Å². The highest BCUT2D eigenvalue weighted by molar-refractivity contribution is 6.55. The van der Waals surface area contributed by atoms with Crippen molar-refractivity contribution in [2.75, 3.05) is 0 Å². The van der Waals surface area contributed by atoms with Crippen LogP contribution in [0.1, 0.15) is 156 Å². The maximum atomic E-state index is 13.7. The Balaban J connectivity index is 1.88. The van der Waals surface area contributed by atoms with Crippen LogP contribution in [0.5, 0.6) is 0 Å². The summed E-state index contributed by atoms with van der Waals surface area (Å²) in [5.41, 5.74) is -0.0840. The van der Waals surface area contributed by atoms with E-state index >= 15 is 0 Å². The average molecular weight is 439 g/mol. The van der Waals surface area contributed by atoms with Crippen molar-refractivity contribution in [2.24, 2.45) is 11.3 Å². The highest BCUT2D eigenvalue weighted by Gasteiger charge is 2.37. The van der Waals surface area contributed by atoms with Crippen LogP contribution in [0.15, 0.2) is 0 Å². The van der Waals surface area contributed by atoms with E-state index in [1.807, 2.05) is 0 Å². The van der Waals surface area contributed by atoms with Gasteiger partial charge in [0.1, 0.15) is 13.1 Å². The van der Waals surface area contributed by atoms with E-state index in [1.165, 1.54) is 109 Å². The Morgan fingerprint density at radius 3 is 1.97 bits per heavy atom. The smallest absolute Gasteiger partial charge is 0.141 e. The van der Waals surface area contributed by atoms with E-state index in [0.29, 0.717) is 17.5 Å². The predicted octanol–water partition coefficient (Wildman–Crippen LogP) is 9.21. The van der Waals surface area contributed by atoms with E-state index in [9.17, 15) is 4.79 Å². The summed E-state index contributed by atoms with van der Waals surface area (Å²) in [7, 11) is 9.46. The first-order valence-electron chi connectivity index (χ1n) is 14.6. The summed E-state index contributed by atoms with van der Waals surface area (Å²) < 4.78 is 0. The lowest BCUT2D eigenvalue weighted by Gasteiger charge is -2.37. The van der Waals surface area contributed by atoms with Crippen LogP contribution in [-0.4, -0.2) is 20.9 Å². The van der Waals surface area contributed by atoms with E-state index < -0.39 is 0 Å². The van der Waals surface area contributed by atoms with Crippen molar-refractivity contribution in [3.63, 3.8) is 0 Å². The Hall–Kier alpha value is -0.200. The second-order valence-electron chi connectivity index (χ2n) is 11.8. The second kappa shape index (κ2) is 14.9. The Morgan fingerprint density at radius 1 is 0.812 bits per heavy atom. The Bertz CT molecular complexity index is 501. The van der Waals surface area contributed by atoms with Gasteiger partial charge in [0.15, 0.2) is 0 Å². The van der Waals surface area contributed by atoms with Crippen molar-refractivity contribution in [3.05, 3.63) is 0 Å². The minimum Gasteiger partial charge on any atom is -0.299 e. The fourth-order valence-electron chi connectivity index (χ4n) is 6.54. The fourth-order valence-corrected chi connectivity index (χ4v) is 6.54. The number of unbranched alkanes of at least 4 members (excludes halogenated alkanes) is 4. The number of carbonyl (C=O) groups is 1. The molecule has 1 unspecified atom stereocenters. The Kier molecular flexibility index (Phi) is 13.1. The number of Topliss-reactive ketones (excluding diaryl/α,β-unsaturated/α-hetero) is 1. The summed E-state index contributed by atoms with van der Waals surface area (Å²) in [6.45, 7) is 6.83. The van der Waals surface area contributed by atoms with Crippen molar-refractivity contribution in [2.45, 2.75) is 167 Å². The SMILES string of the molecule is [B]C1([B]C2CCCC(C(=O)C(C)(CCCC)CCCCCC)CCC2)CCCCCCC1. The molecule has 32 heavy (non-hydrogen) atoms. The molecule has 0 bridgehead atoms. The first kappa shape index (κ1) is 28.0. The number of ketones is 1. The van der Waals surface area contributed by atoms with Gasteiger partial charge >= 0.3 is 0 Å². The molecule has 0 saturated heterocycles. The molecule has 0 aromatic rings. The van der Waals surface area contributed by atoms with Crippen LogP contribution in [-0.2, 0) is 4.79 Å². The fraction of sp³-hybridized carbons (Fsp3) is 0.966. The molecular weight excluding hydrogens is 386 g/mol. The zero-order valence-corrected chi connectivity index (χ0v) is 22.1. The largest absolute Gasteiger partial charge is 0.299 e. The molecule has 2 fully saturated rings. The van der Waals surface area contributed by atoms with E-state index in [2.05, 4.69) is 28.1 Å². The minimum atomic E-state index is -0.0840. The second-order valence-corrected chi connectivity index (χ2v) is 11.8. The molecule has 0 aromatic carbocycles. The number of rotatable bonds is 12. The molecule has 0 amide bonds. The van der Waals surface area contributed by atoms with Gasteiger partial charge in [-0.3, -0.25) is 4.79 Å².